The monoisotopic (exact) mass is 252 g/mol. The van der Waals surface area contributed by atoms with Crippen LogP contribution in [0, 0.1) is 0 Å². The molecule has 17 heavy (non-hydrogen) atoms. The van der Waals surface area contributed by atoms with Gasteiger partial charge in [0, 0.05) is 25.7 Å². The summed E-state index contributed by atoms with van der Waals surface area (Å²) in [7, 11) is 2.12. The second-order valence-corrected chi connectivity index (χ2v) is 5.14. The number of hydrogen-bond acceptors (Lipinski definition) is 5. The lowest BCUT2D eigenvalue weighted by molar-refractivity contribution is 0.849. The van der Waals surface area contributed by atoms with Gasteiger partial charge in [-0.25, -0.2) is 9.97 Å². The third-order valence-electron chi connectivity index (χ3n) is 2.89. The van der Waals surface area contributed by atoms with Crippen LogP contribution in [0.5, 0.6) is 0 Å². The summed E-state index contributed by atoms with van der Waals surface area (Å²) in [5.74, 6) is 1.97. The summed E-state index contributed by atoms with van der Waals surface area (Å²) in [5, 5.41) is 4.17. The predicted octanol–water partition coefficient (Wildman–Crippen LogP) is 2.62. The van der Waals surface area contributed by atoms with Crippen molar-refractivity contribution in [2.24, 2.45) is 0 Å². The van der Waals surface area contributed by atoms with Crippen LogP contribution >= 0.6 is 11.8 Å². The molecule has 0 bridgehead atoms. The van der Waals surface area contributed by atoms with Crippen molar-refractivity contribution < 1.29 is 0 Å². The Morgan fingerprint density at radius 2 is 2.24 bits per heavy atom. The predicted molar refractivity (Wildman–Crippen MR) is 74.0 cm³/mol. The number of hydrogen-bond donors (Lipinski definition) is 1. The van der Waals surface area contributed by atoms with Gasteiger partial charge in [0.2, 0.25) is 0 Å². The van der Waals surface area contributed by atoms with E-state index in [0.717, 1.165) is 29.8 Å². The Labute approximate surface area is 107 Å². The van der Waals surface area contributed by atoms with Gasteiger partial charge in [-0.3, -0.25) is 0 Å². The average Bonchev–Trinajstić information content (AvgIpc) is 3.19. The standard InChI is InChI=1S/C12H20N4S/c1-4-7-13-10-8-11(15-12(14-10)17-3)16(2)9-5-6-9/h8-9H,4-7H2,1-3H3,(H,13,14,15). The minimum Gasteiger partial charge on any atom is -0.370 e. The lowest BCUT2D eigenvalue weighted by atomic mass is 10.4. The molecule has 0 unspecified atom stereocenters. The van der Waals surface area contributed by atoms with Crippen molar-refractivity contribution in [2.75, 3.05) is 30.1 Å². The maximum absolute atomic E-state index is 4.56. The number of rotatable bonds is 6. The first-order valence-electron chi connectivity index (χ1n) is 6.14. The highest BCUT2D eigenvalue weighted by molar-refractivity contribution is 7.98. The molecule has 0 aliphatic heterocycles. The number of nitrogens with one attached hydrogen (secondary N) is 1. The third-order valence-corrected chi connectivity index (χ3v) is 3.43. The molecular formula is C12H20N4S. The van der Waals surface area contributed by atoms with Crippen LogP contribution in [0.4, 0.5) is 11.6 Å². The van der Waals surface area contributed by atoms with Crippen LogP contribution in [0.3, 0.4) is 0 Å². The van der Waals surface area contributed by atoms with E-state index in [9.17, 15) is 0 Å². The van der Waals surface area contributed by atoms with Gasteiger partial charge < -0.3 is 10.2 Å². The zero-order chi connectivity index (χ0) is 12.3. The van der Waals surface area contributed by atoms with E-state index < -0.39 is 0 Å². The second kappa shape index (κ2) is 5.58. The first-order chi connectivity index (χ1) is 8.24. The van der Waals surface area contributed by atoms with Crippen LogP contribution in [-0.4, -0.2) is 35.9 Å². The van der Waals surface area contributed by atoms with E-state index in [1.54, 1.807) is 11.8 Å². The van der Waals surface area contributed by atoms with Crippen LogP contribution in [0.15, 0.2) is 11.2 Å². The molecule has 1 aliphatic rings. The maximum Gasteiger partial charge on any atom is 0.191 e. The van der Waals surface area contributed by atoms with Gasteiger partial charge in [-0.1, -0.05) is 18.7 Å². The van der Waals surface area contributed by atoms with Crippen molar-refractivity contribution in [3.63, 3.8) is 0 Å². The van der Waals surface area contributed by atoms with Crippen molar-refractivity contribution in [3.05, 3.63) is 6.07 Å². The topological polar surface area (TPSA) is 41.0 Å². The minimum absolute atomic E-state index is 0.679. The lowest BCUT2D eigenvalue weighted by Gasteiger charge is -2.18. The van der Waals surface area contributed by atoms with Gasteiger partial charge in [0.15, 0.2) is 5.16 Å². The quantitative estimate of drug-likeness (QED) is 0.622. The molecule has 0 amide bonds. The first kappa shape index (κ1) is 12.5. The average molecular weight is 252 g/mol. The fourth-order valence-corrected chi connectivity index (χ4v) is 2.05. The molecule has 1 heterocycles. The fraction of sp³-hybridized carbons (Fsp3) is 0.667. The molecular weight excluding hydrogens is 232 g/mol. The van der Waals surface area contributed by atoms with Gasteiger partial charge >= 0.3 is 0 Å². The molecule has 5 heteroatoms. The molecule has 0 radical (unpaired) electrons. The maximum atomic E-state index is 4.56. The molecule has 0 saturated heterocycles. The summed E-state index contributed by atoms with van der Waals surface area (Å²) in [6, 6.07) is 2.73. The molecule has 1 fully saturated rings. The van der Waals surface area contributed by atoms with E-state index in [1.165, 1.54) is 12.8 Å². The van der Waals surface area contributed by atoms with Gasteiger partial charge in [-0.2, -0.15) is 0 Å². The van der Waals surface area contributed by atoms with Crippen molar-refractivity contribution in [2.45, 2.75) is 37.4 Å². The highest BCUT2D eigenvalue weighted by atomic mass is 32.2. The van der Waals surface area contributed by atoms with Gasteiger partial charge in [-0.05, 0) is 25.5 Å². The van der Waals surface area contributed by atoms with Crippen molar-refractivity contribution in [1.29, 1.82) is 0 Å². The summed E-state index contributed by atoms with van der Waals surface area (Å²) < 4.78 is 0. The molecule has 2 rings (SSSR count). The Hall–Kier alpha value is -0.970. The molecule has 1 aliphatic carbocycles. The zero-order valence-corrected chi connectivity index (χ0v) is 11.5. The molecule has 1 aromatic heterocycles. The summed E-state index contributed by atoms with van der Waals surface area (Å²) in [6.07, 6.45) is 5.69. The summed E-state index contributed by atoms with van der Waals surface area (Å²) in [6.45, 7) is 3.11. The molecule has 1 saturated carbocycles. The van der Waals surface area contributed by atoms with Crippen molar-refractivity contribution in [1.82, 2.24) is 9.97 Å². The van der Waals surface area contributed by atoms with Crippen LogP contribution in [-0.2, 0) is 0 Å². The molecule has 0 aromatic carbocycles. The van der Waals surface area contributed by atoms with Gasteiger partial charge in [0.1, 0.15) is 11.6 Å². The molecule has 4 nitrogen and oxygen atoms in total. The second-order valence-electron chi connectivity index (χ2n) is 4.37. The van der Waals surface area contributed by atoms with E-state index in [1.807, 2.05) is 12.3 Å². The highest BCUT2D eigenvalue weighted by Gasteiger charge is 2.27. The fourth-order valence-electron chi connectivity index (χ4n) is 1.68. The highest BCUT2D eigenvalue weighted by Crippen LogP contribution is 2.30. The Balaban J connectivity index is 2.18. The first-order valence-corrected chi connectivity index (χ1v) is 7.37. The zero-order valence-electron chi connectivity index (χ0n) is 10.7. The third kappa shape index (κ3) is 3.25. The Bertz CT molecular complexity index is 379. The van der Waals surface area contributed by atoms with Gasteiger partial charge in [-0.15, -0.1) is 0 Å². The van der Waals surface area contributed by atoms with Crippen molar-refractivity contribution >= 4 is 23.4 Å². The number of thioether (sulfide) groups is 1. The molecule has 0 spiro atoms. The van der Waals surface area contributed by atoms with Crippen molar-refractivity contribution in [3.8, 4) is 0 Å². The van der Waals surface area contributed by atoms with Crippen LogP contribution in [0.1, 0.15) is 26.2 Å². The largest absolute Gasteiger partial charge is 0.370 e. The number of aromatic nitrogens is 2. The molecule has 1 aromatic rings. The normalized spacial score (nSPS) is 14.8. The minimum atomic E-state index is 0.679. The van der Waals surface area contributed by atoms with E-state index in [2.05, 4.69) is 34.2 Å². The molecule has 0 atom stereocenters. The van der Waals surface area contributed by atoms with Crippen LogP contribution in [0.2, 0.25) is 0 Å². The van der Waals surface area contributed by atoms with Crippen LogP contribution < -0.4 is 10.2 Å². The number of anilines is 2. The summed E-state index contributed by atoms with van der Waals surface area (Å²) in [5.41, 5.74) is 0. The Kier molecular flexibility index (Phi) is 4.10. The molecule has 94 valence electrons. The van der Waals surface area contributed by atoms with E-state index in [4.69, 9.17) is 0 Å². The SMILES string of the molecule is CCCNc1cc(N(C)C2CC2)nc(SC)n1. The molecule has 1 N–H and O–H groups in total. The Morgan fingerprint density at radius 1 is 1.47 bits per heavy atom. The van der Waals surface area contributed by atoms with E-state index in [-0.39, 0.29) is 0 Å². The smallest absolute Gasteiger partial charge is 0.191 e. The van der Waals surface area contributed by atoms with E-state index >= 15 is 0 Å². The van der Waals surface area contributed by atoms with Crippen LogP contribution in [0.25, 0.3) is 0 Å². The summed E-state index contributed by atoms with van der Waals surface area (Å²) in [4.78, 5) is 11.3. The lowest BCUT2D eigenvalue weighted by Crippen LogP contribution is -2.21. The summed E-state index contributed by atoms with van der Waals surface area (Å²) >= 11 is 1.59. The van der Waals surface area contributed by atoms with Gasteiger partial charge in [0.05, 0.1) is 0 Å². The van der Waals surface area contributed by atoms with E-state index in [0.29, 0.717) is 6.04 Å². The number of nitrogens with zero attached hydrogens (tertiary/aromatic N) is 3. The Morgan fingerprint density at radius 3 is 2.82 bits per heavy atom. The van der Waals surface area contributed by atoms with Gasteiger partial charge in [0.25, 0.3) is 0 Å².